The molecule has 150 valence electrons. The molecule has 5 nitrogen and oxygen atoms in total. The van der Waals surface area contributed by atoms with Gasteiger partial charge in [0, 0.05) is 28.5 Å². The third kappa shape index (κ3) is 6.06. The van der Waals surface area contributed by atoms with E-state index in [4.69, 9.17) is 0 Å². The third-order valence-electron chi connectivity index (χ3n) is 4.57. The second-order valence-corrected chi connectivity index (χ2v) is 10.1. The van der Waals surface area contributed by atoms with E-state index in [2.05, 4.69) is 40.1 Å². The Morgan fingerprint density at radius 1 is 1.21 bits per heavy atom. The molecule has 1 aromatic heterocycles. The zero-order chi connectivity index (χ0) is 20.1. The highest BCUT2D eigenvalue weighted by Crippen LogP contribution is 2.26. The quantitative estimate of drug-likeness (QED) is 0.646. The van der Waals surface area contributed by atoms with Crippen molar-refractivity contribution in [3.63, 3.8) is 0 Å². The van der Waals surface area contributed by atoms with Crippen molar-refractivity contribution in [2.24, 2.45) is 11.8 Å². The SMILES string of the molecule is C[C@@H]1C[C@H](C)CN(C(=O)CSCC(=O)Nc2nc(-c3ccc(Br)cc3)cs2)C1. The molecule has 0 saturated carbocycles. The van der Waals surface area contributed by atoms with Crippen LogP contribution in [0.15, 0.2) is 34.1 Å². The molecule has 1 aliphatic heterocycles. The van der Waals surface area contributed by atoms with E-state index in [1.54, 1.807) is 0 Å². The van der Waals surface area contributed by atoms with Gasteiger partial charge in [0.15, 0.2) is 5.13 Å². The van der Waals surface area contributed by atoms with E-state index in [0.717, 1.165) is 28.8 Å². The lowest BCUT2D eigenvalue weighted by Gasteiger charge is -2.35. The normalized spacial score (nSPS) is 19.5. The Morgan fingerprint density at radius 3 is 2.57 bits per heavy atom. The van der Waals surface area contributed by atoms with Gasteiger partial charge in [0.25, 0.3) is 0 Å². The molecule has 2 aromatic rings. The average molecular weight is 482 g/mol. The van der Waals surface area contributed by atoms with Gasteiger partial charge in [-0.1, -0.05) is 41.9 Å². The highest BCUT2D eigenvalue weighted by atomic mass is 79.9. The fourth-order valence-electron chi connectivity index (χ4n) is 3.43. The number of hydrogen-bond donors (Lipinski definition) is 1. The number of thioether (sulfide) groups is 1. The molecule has 8 heteroatoms. The largest absolute Gasteiger partial charge is 0.341 e. The molecule has 28 heavy (non-hydrogen) atoms. The molecule has 1 aliphatic rings. The Labute approximate surface area is 182 Å². The first-order valence-electron chi connectivity index (χ1n) is 9.27. The number of nitrogens with one attached hydrogen (secondary N) is 1. The van der Waals surface area contributed by atoms with Gasteiger partial charge < -0.3 is 10.2 Å². The van der Waals surface area contributed by atoms with Crippen LogP contribution in [0.3, 0.4) is 0 Å². The van der Waals surface area contributed by atoms with Gasteiger partial charge >= 0.3 is 0 Å². The minimum atomic E-state index is -0.130. The number of nitrogens with zero attached hydrogens (tertiary/aromatic N) is 2. The number of carbonyl (C=O) groups excluding carboxylic acids is 2. The molecule has 3 rings (SSSR count). The van der Waals surface area contributed by atoms with Crippen LogP contribution in [-0.4, -0.2) is 46.3 Å². The van der Waals surface area contributed by atoms with Gasteiger partial charge in [-0.25, -0.2) is 4.98 Å². The number of hydrogen-bond acceptors (Lipinski definition) is 5. The smallest absolute Gasteiger partial charge is 0.236 e. The van der Waals surface area contributed by atoms with Gasteiger partial charge in [-0.05, 0) is 30.4 Å². The van der Waals surface area contributed by atoms with Crippen molar-refractivity contribution in [1.29, 1.82) is 0 Å². The molecule has 0 spiro atoms. The lowest BCUT2D eigenvalue weighted by molar-refractivity contribution is -0.130. The Kier molecular flexibility index (Phi) is 7.54. The predicted molar refractivity (Wildman–Crippen MR) is 121 cm³/mol. The summed E-state index contributed by atoms with van der Waals surface area (Å²) in [6.07, 6.45) is 1.18. The maximum atomic E-state index is 12.4. The lowest BCUT2D eigenvalue weighted by Crippen LogP contribution is -2.43. The van der Waals surface area contributed by atoms with Gasteiger partial charge in [-0.3, -0.25) is 9.59 Å². The van der Waals surface area contributed by atoms with Crippen molar-refractivity contribution in [3.8, 4) is 11.3 Å². The van der Waals surface area contributed by atoms with Gasteiger partial charge in [0.05, 0.1) is 17.2 Å². The molecular formula is C20H24BrN3O2S2. The van der Waals surface area contributed by atoms with E-state index in [1.165, 1.54) is 29.5 Å². The van der Waals surface area contributed by atoms with E-state index in [9.17, 15) is 9.59 Å². The summed E-state index contributed by atoms with van der Waals surface area (Å²) in [7, 11) is 0. The van der Waals surface area contributed by atoms with E-state index >= 15 is 0 Å². The van der Waals surface area contributed by atoms with E-state index in [-0.39, 0.29) is 17.6 Å². The number of amides is 2. The first-order valence-corrected chi connectivity index (χ1v) is 12.1. The van der Waals surface area contributed by atoms with Crippen LogP contribution in [0.1, 0.15) is 20.3 Å². The van der Waals surface area contributed by atoms with Crippen molar-refractivity contribution >= 4 is 56.0 Å². The Balaban J connectivity index is 1.43. The maximum absolute atomic E-state index is 12.4. The van der Waals surface area contributed by atoms with Crippen LogP contribution in [0, 0.1) is 11.8 Å². The zero-order valence-electron chi connectivity index (χ0n) is 16.0. The molecule has 2 amide bonds. The van der Waals surface area contributed by atoms with Gasteiger partial charge in [0.2, 0.25) is 11.8 Å². The van der Waals surface area contributed by atoms with Gasteiger partial charge in [0.1, 0.15) is 0 Å². The number of halogens is 1. The molecule has 1 aromatic carbocycles. The molecule has 1 fully saturated rings. The van der Waals surface area contributed by atoms with E-state index in [1.807, 2.05) is 34.5 Å². The van der Waals surface area contributed by atoms with E-state index in [0.29, 0.717) is 22.7 Å². The summed E-state index contributed by atoms with van der Waals surface area (Å²) >= 11 is 6.18. The monoisotopic (exact) mass is 481 g/mol. The summed E-state index contributed by atoms with van der Waals surface area (Å²) in [5, 5.41) is 5.33. The molecule has 0 aliphatic carbocycles. The summed E-state index contributed by atoms with van der Waals surface area (Å²) in [6.45, 7) is 6.03. The summed E-state index contributed by atoms with van der Waals surface area (Å²) in [6, 6.07) is 7.89. The zero-order valence-corrected chi connectivity index (χ0v) is 19.2. The van der Waals surface area contributed by atoms with Crippen LogP contribution in [0.5, 0.6) is 0 Å². The van der Waals surface area contributed by atoms with Crippen LogP contribution in [0.2, 0.25) is 0 Å². The van der Waals surface area contributed by atoms with Crippen LogP contribution >= 0.6 is 39.0 Å². The van der Waals surface area contributed by atoms with Crippen molar-refractivity contribution in [3.05, 3.63) is 34.1 Å². The fraction of sp³-hybridized carbons (Fsp3) is 0.450. The van der Waals surface area contributed by atoms with Gasteiger partial charge in [-0.15, -0.1) is 23.1 Å². The number of anilines is 1. The predicted octanol–water partition coefficient (Wildman–Crippen LogP) is 4.75. The summed E-state index contributed by atoms with van der Waals surface area (Å²) < 4.78 is 1.01. The molecule has 2 heterocycles. The molecule has 1 N–H and O–H groups in total. The van der Waals surface area contributed by atoms with Crippen LogP contribution in [0.4, 0.5) is 5.13 Å². The Bertz CT molecular complexity index is 815. The summed E-state index contributed by atoms with van der Waals surface area (Å²) in [5.41, 5.74) is 1.84. The van der Waals surface area contributed by atoms with Crippen LogP contribution < -0.4 is 5.32 Å². The topological polar surface area (TPSA) is 62.3 Å². The molecular weight excluding hydrogens is 458 g/mol. The molecule has 0 unspecified atom stereocenters. The Morgan fingerprint density at radius 2 is 1.89 bits per heavy atom. The van der Waals surface area contributed by atoms with Crippen LogP contribution in [-0.2, 0) is 9.59 Å². The molecule has 2 atom stereocenters. The second-order valence-electron chi connectivity index (χ2n) is 7.33. The maximum Gasteiger partial charge on any atom is 0.236 e. The second kappa shape index (κ2) is 9.89. The number of benzene rings is 1. The summed E-state index contributed by atoms with van der Waals surface area (Å²) in [4.78, 5) is 31.0. The van der Waals surface area contributed by atoms with Crippen molar-refractivity contribution in [1.82, 2.24) is 9.88 Å². The third-order valence-corrected chi connectivity index (χ3v) is 6.77. The first-order chi connectivity index (χ1) is 13.4. The standard InChI is InChI=1S/C20H24BrN3O2S2/c1-13-7-14(2)9-24(8-13)19(26)12-27-11-18(25)23-20-22-17(10-28-20)15-3-5-16(21)6-4-15/h3-6,10,13-14H,7-9,11-12H2,1-2H3,(H,22,23,25)/t13-,14+. The minimum Gasteiger partial charge on any atom is -0.341 e. The van der Waals surface area contributed by atoms with Crippen LogP contribution in [0.25, 0.3) is 11.3 Å². The number of likely N-dealkylation sites (tertiary alicyclic amines) is 1. The fourth-order valence-corrected chi connectivity index (χ4v) is 5.15. The molecule has 0 radical (unpaired) electrons. The van der Waals surface area contributed by atoms with Crippen molar-refractivity contribution < 1.29 is 9.59 Å². The first kappa shape index (κ1) is 21.3. The molecule has 1 saturated heterocycles. The Hall–Kier alpha value is -1.38. The number of piperidine rings is 1. The number of carbonyl (C=O) groups is 2. The molecule has 0 bridgehead atoms. The van der Waals surface area contributed by atoms with Gasteiger partial charge in [-0.2, -0.15) is 0 Å². The van der Waals surface area contributed by atoms with Crippen molar-refractivity contribution in [2.45, 2.75) is 20.3 Å². The highest BCUT2D eigenvalue weighted by molar-refractivity contribution is 9.10. The van der Waals surface area contributed by atoms with E-state index < -0.39 is 0 Å². The lowest BCUT2D eigenvalue weighted by atomic mass is 9.92. The minimum absolute atomic E-state index is 0.128. The summed E-state index contributed by atoms with van der Waals surface area (Å²) in [5.74, 6) is 1.68. The number of rotatable bonds is 6. The highest BCUT2D eigenvalue weighted by Gasteiger charge is 2.25. The number of aromatic nitrogens is 1. The van der Waals surface area contributed by atoms with Crippen molar-refractivity contribution in [2.75, 3.05) is 29.9 Å². The number of thiazole rings is 1. The average Bonchev–Trinajstić information content (AvgIpc) is 3.09.